The third-order valence-electron chi connectivity index (χ3n) is 6.35. The summed E-state index contributed by atoms with van der Waals surface area (Å²) in [6.07, 6.45) is -3.30. The van der Waals surface area contributed by atoms with Gasteiger partial charge in [0.2, 0.25) is 0 Å². The number of alkyl halides is 3. The van der Waals surface area contributed by atoms with Crippen LogP contribution < -0.4 is 15.8 Å². The predicted octanol–water partition coefficient (Wildman–Crippen LogP) is 6.83. The van der Waals surface area contributed by atoms with E-state index in [0.717, 1.165) is 23.8 Å². The summed E-state index contributed by atoms with van der Waals surface area (Å²) in [5.41, 5.74) is 5.49. The maximum absolute atomic E-state index is 13.7. The third kappa shape index (κ3) is 5.96. The van der Waals surface area contributed by atoms with Crippen LogP contribution in [0.2, 0.25) is 0 Å². The number of halogens is 4. The van der Waals surface area contributed by atoms with Gasteiger partial charge in [-0.15, -0.1) is 11.3 Å². The normalized spacial score (nSPS) is 11.7. The molecule has 8 nitrogen and oxygen atoms in total. The largest absolute Gasteiger partial charge is 0.471 e. The third-order valence-corrected chi connectivity index (χ3v) is 7.45. The van der Waals surface area contributed by atoms with Gasteiger partial charge in [-0.25, -0.2) is 14.1 Å². The monoisotopic (exact) mass is 597 g/mol. The Kier molecular flexibility index (Phi) is 7.69. The lowest BCUT2D eigenvalue weighted by Crippen LogP contribution is -2.18. The van der Waals surface area contributed by atoms with Crippen molar-refractivity contribution in [2.24, 2.45) is 5.73 Å². The molecule has 0 saturated carbocycles. The summed E-state index contributed by atoms with van der Waals surface area (Å²) in [6, 6.07) is 14.5. The van der Waals surface area contributed by atoms with Crippen molar-refractivity contribution < 1.29 is 31.9 Å². The highest BCUT2D eigenvalue weighted by atomic mass is 32.1. The highest BCUT2D eigenvalue weighted by Gasteiger charge is 2.35. The Balaban J connectivity index is 1.47. The lowest BCUT2D eigenvalue weighted by molar-refractivity contribution is -0.140. The number of carbonyl (C=O) groups is 2. The van der Waals surface area contributed by atoms with Crippen molar-refractivity contribution in [1.29, 1.82) is 0 Å². The molecule has 42 heavy (non-hydrogen) atoms. The van der Waals surface area contributed by atoms with Crippen LogP contribution in [0.1, 0.15) is 51.2 Å². The molecule has 3 aromatic heterocycles. The fourth-order valence-electron chi connectivity index (χ4n) is 4.22. The molecule has 0 atom stereocenters. The molecule has 0 aliphatic carbocycles. The second-order valence-corrected chi connectivity index (χ2v) is 10.6. The van der Waals surface area contributed by atoms with Crippen LogP contribution in [0.4, 0.5) is 23.2 Å². The first-order valence-electron chi connectivity index (χ1n) is 12.6. The summed E-state index contributed by atoms with van der Waals surface area (Å²) in [7, 11) is 0. The molecule has 0 saturated heterocycles. The fraction of sp³-hybridized carbons (Fsp3) is 0.172. The number of nitrogens with one attached hydrogen (secondary N) is 1. The van der Waals surface area contributed by atoms with E-state index < -0.39 is 29.5 Å². The zero-order valence-corrected chi connectivity index (χ0v) is 23.0. The number of hydrogen-bond acceptors (Lipinski definition) is 6. The minimum absolute atomic E-state index is 0.00107. The van der Waals surface area contributed by atoms with Gasteiger partial charge in [-0.1, -0.05) is 38.1 Å². The molecule has 0 spiro atoms. The molecule has 3 heterocycles. The SMILES string of the molecule is CC(C)c1ccc(OCn2ccc(C(=O)Nc3c(C(N)=O)sc4nc(C(F)(F)F)cc(-c5ccc(F)cc5)c34)n2)cc1. The number of anilines is 1. The molecule has 0 bridgehead atoms. The van der Waals surface area contributed by atoms with Crippen molar-refractivity contribution in [2.75, 3.05) is 5.32 Å². The minimum atomic E-state index is -4.81. The van der Waals surface area contributed by atoms with E-state index in [-0.39, 0.29) is 44.3 Å². The Morgan fingerprint density at radius 3 is 2.38 bits per heavy atom. The highest BCUT2D eigenvalue weighted by molar-refractivity contribution is 7.21. The number of fused-ring (bicyclic) bond motifs is 1. The second kappa shape index (κ2) is 11.2. The molecule has 5 aromatic rings. The lowest BCUT2D eigenvalue weighted by atomic mass is 10.0. The van der Waals surface area contributed by atoms with Crippen LogP contribution in [0.25, 0.3) is 21.3 Å². The van der Waals surface area contributed by atoms with Crippen LogP contribution in [-0.2, 0) is 12.9 Å². The molecule has 13 heteroatoms. The van der Waals surface area contributed by atoms with Gasteiger partial charge in [-0.2, -0.15) is 18.3 Å². The molecule has 0 radical (unpaired) electrons. The van der Waals surface area contributed by atoms with Crippen molar-refractivity contribution in [3.63, 3.8) is 0 Å². The van der Waals surface area contributed by atoms with Crippen molar-refractivity contribution in [3.8, 4) is 16.9 Å². The molecule has 5 rings (SSSR count). The number of aromatic nitrogens is 3. The molecular weight excluding hydrogens is 574 g/mol. The van der Waals surface area contributed by atoms with Gasteiger partial charge in [0, 0.05) is 11.6 Å². The van der Waals surface area contributed by atoms with E-state index in [9.17, 15) is 27.2 Å². The summed E-state index contributed by atoms with van der Waals surface area (Å²) in [5, 5.41) is 6.83. The van der Waals surface area contributed by atoms with Gasteiger partial charge < -0.3 is 15.8 Å². The maximum atomic E-state index is 13.7. The Labute approximate surface area is 240 Å². The number of primary amides is 1. The van der Waals surface area contributed by atoms with Gasteiger partial charge >= 0.3 is 6.18 Å². The molecule has 0 unspecified atom stereocenters. The van der Waals surface area contributed by atoms with Crippen molar-refractivity contribution >= 4 is 39.1 Å². The average molecular weight is 598 g/mol. The van der Waals surface area contributed by atoms with E-state index in [1.807, 2.05) is 24.3 Å². The number of rotatable bonds is 8. The van der Waals surface area contributed by atoms with E-state index in [1.54, 1.807) is 0 Å². The highest BCUT2D eigenvalue weighted by Crippen LogP contribution is 2.43. The first-order valence-corrected chi connectivity index (χ1v) is 13.4. The van der Waals surface area contributed by atoms with E-state index in [1.165, 1.54) is 29.1 Å². The van der Waals surface area contributed by atoms with Crippen LogP contribution in [0.3, 0.4) is 0 Å². The summed E-state index contributed by atoms with van der Waals surface area (Å²) < 4.78 is 61.8. The molecular formula is C29H23F4N5O3S. The number of thiophene rings is 1. The first kappa shape index (κ1) is 28.7. The van der Waals surface area contributed by atoms with Crippen LogP contribution in [0.5, 0.6) is 5.75 Å². The Hall–Kier alpha value is -4.78. The molecule has 2 aromatic carbocycles. The number of nitrogens with two attached hydrogens (primary N) is 1. The van der Waals surface area contributed by atoms with Gasteiger partial charge in [0.15, 0.2) is 12.4 Å². The number of carbonyl (C=O) groups excluding carboxylic acids is 2. The van der Waals surface area contributed by atoms with E-state index in [0.29, 0.717) is 23.0 Å². The average Bonchev–Trinajstić information content (AvgIpc) is 3.57. The maximum Gasteiger partial charge on any atom is 0.433 e. The standard InChI is InChI=1S/C29H23F4N5O3S/c1-15(2)16-5-9-19(10-6-16)41-14-38-12-11-21(37-38)27(40)36-24-23-20(17-3-7-18(30)8-4-17)13-22(29(31,32)33)35-28(23)42-25(24)26(34)39/h3-13,15H,14H2,1-2H3,(H2,34,39)(H,36,40). The van der Waals surface area contributed by atoms with Crippen molar-refractivity contribution in [3.05, 3.63) is 94.5 Å². The van der Waals surface area contributed by atoms with Gasteiger partial charge in [0.25, 0.3) is 11.8 Å². The Morgan fingerprint density at radius 1 is 1.07 bits per heavy atom. The quantitative estimate of drug-likeness (QED) is 0.191. The first-order chi connectivity index (χ1) is 19.9. The summed E-state index contributed by atoms with van der Waals surface area (Å²) in [5.74, 6) is -1.34. The van der Waals surface area contributed by atoms with Crippen LogP contribution in [0.15, 0.2) is 66.9 Å². The number of ether oxygens (including phenoxy) is 1. The van der Waals surface area contributed by atoms with Gasteiger partial charge in [-0.05, 0) is 59.0 Å². The van der Waals surface area contributed by atoms with E-state index in [2.05, 4.69) is 29.2 Å². The van der Waals surface area contributed by atoms with Gasteiger partial charge in [0.1, 0.15) is 27.0 Å². The van der Waals surface area contributed by atoms with Crippen molar-refractivity contribution in [2.45, 2.75) is 32.7 Å². The summed E-state index contributed by atoms with van der Waals surface area (Å²) in [6.45, 7) is 4.16. The smallest absolute Gasteiger partial charge is 0.433 e. The van der Waals surface area contributed by atoms with E-state index in [4.69, 9.17) is 10.5 Å². The number of pyridine rings is 1. The lowest BCUT2D eigenvalue weighted by Gasteiger charge is -2.12. The summed E-state index contributed by atoms with van der Waals surface area (Å²) in [4.78, 5) is 28.8. The molecule has 0 fully saturated rings. The van der Waals surface area contributed by atoms with Crippen molar-refractivity contribution in [1.82, 2.24) is 14.8 Å². The van der Waals surface area contributed by atoms with Crippen LogP contribution in [0, 0.1) is 5.82 Å². The molecule has 2 amide bonds. The Morgan fingerprint density at radius 2 is 1.76 bits per heavy atom. The second-order valence-electron chi connectivity index (χ2n) is 9.60. The summed E-state index contributed by atoms with van der Waals surface area (Å²) >= 11 is 0.605. The zero-order chi connectivity index (χ0) is 30.2. The van der Waals surface area contributed by atoms with Gasteiger partial charge in [-0.3, -0.25) is 9.59 Å². The Bertz CT molecular complexity index is 1780. The molecule has 216 valence electrons. The minimum Gasteiger partial charge on any atom is -0.471 e. The zero-order valence-electron chi connectivity index (χ0n) is 22.2. The van der Waals surface area contributed by atoms with E-state index >= 15 is 0 Å². The molecule has 0 aliphatic rings. The number of nitrogens with zero attached hydrogens (tertiary/aromatic N) is 3. The number of hydrogen-bond donors (Lipinski definition) is 2. The number of benzene rings is 2. The molecule has 0 aliphatic heterocycles. The predicted molar refractivity (Wildman–Crippen MR) is 150 cm³/mol. The van der Waals surface area contributed by atoms with Crippen LogP contribution >= 0.6 is 11.3 Å². The van der Waals surface area contributed by atoms with Gasteiger partial charge in [0.05, 0.1) is 5.69 Å². The molecule has 3 N–H and O–H groups in total. The number of amides is 2. The topological polar surface area (TPSA) is 112 Å². The fourth-order valence-corrected chi connectivity index (χ4v) is 5.22. The van der Waals surface area contributed by atoms with Crippen LogP contribution in [-0.4, -0.2) is 26.6 Å².